The molecule has 1 amide bonds. The van der Waals surface area contributed by atoms with Crippen molar-refractivity contribution in [3.05, 3.63) is 35.4 Å². The number of benzene rings is 1. The second-order valence-corrected chi connectivity index (χ2v) is 6.09. The van der Waals surface area contributed by atoms with E-state index in [1.807, 2.05) is 23.1 Å². The summed E-state index contributed by atoms with van der Waals surface area (Å²) in [5.41, 5.74) is 8.18. The van der Waals surface area contributed by atoms with E-state index in [0.717, 1.165) is 50.8 Å². The smallest absolute Gasteiger partial charge is 0.253 e. The lowest BCUT2D eigenvalue weighted by Gasteiger charge is -2.27. The van der Waals surface area contributed by atoms with Crippen LogP contribution in [0.25, 0.3) is 0 Å². The lowest BCUT2D eigenvalue weighted by Crippen LogP contribution is -2.35. The van der Waals surface area contributed by atoms with Crippen molar-refractivity contribution in [3.8, 4) is 0 Å². The predicted molar refractivity (Wildman–Crippen MR) is 76.1 cm³/mol. The third-order valence-corrected chi connectivity index (χ3v) is 4.27. The molecule has 3 heteroatoms. The van der Waals surface area contributed by atoms with E-state index in [0.29, 0.717) is 0 Å². The maximum atomic E-state index is 12.4. The fraction of sp³-hybridized carbons (Fsp3) is 0.562. The van der Waals surface area contributed by atoms with Gasteiger partial charge in [-0.1, -0.05) is 12.1 Å². The summed E-state index contributed by atoms with van der Waals surface area (Å²) in [7, 11) is 0. The molecule has 1 saturated heterocycles. The molecule has 2 aliphatic rings. The fourth-order valence-electron chi connectivity index (χ4n) is 2.84. The SMILES string of the molecule is NC1(Cc2cccc(C(=O)N3CCCCC3)c2)CC1. The van der Waals surface area contributed by atoms with Crippen LogP contribution >= 0.6 is 0 Å². The van der Waals surface area contributed by atoms with Gasteiger partial charge in [0.1, 0.15) is 0 Å². The predicted octanol–water partition coefficient (Wildman–Crippen LogP) is 2.35. The van der Waals surface area contributed by atoms with E-state index in [4.69, 9.17) is 5.73 Å². The van der Waals surface area contributed by atoms with Gasteiger partial charge >= 0.3 is 0 Å². The Balaban J connectivity index is 1.72. The van der Waals surface area contributed by atoms with Gasteiger partial charge in [-0.25, -0.2) is 0 Å². The average Bonchev–Trinajstić information content (AvgIpc) is 3.16. The first kappa shape index (κ1) is 12.7. The van der Waals surface area contributed by atoms with Crippen LogP contribution in [0.2, 0.25) is 0 Å². The van der Waals surface area contributed by atoms with Crippen molar-refractivity contribution < 1.29 is 4.79 Å². The van der Waals surface area contributed by atoms with E-state index >= 15 is 0 Å². The van der Waals surface area contributed by atoms with Crippen LogP contribution in [0.15, 0.2) is 24.3 Å². The fourth-order valence-corrected chi connectivity index (χ4v) is 2.84. The molecule has 1 aromatic carbocycles. The van der Waals surface area contributed by atoms with Crippen molar-refractivity contribution in [2.45, 2.75) is 44.1 Å². The van der Waals surface area contributed by atoms with E-state index in [9.17, 15) is 4.79 Å². The molecule has 1 heterocycles. The second kappa shape index (κ2) is 4.97. The summed E-state index contributed by atoms with van der Waals surface area (Å²) in [6.45, 7) is 1.81. The third-order valence-electron chi connectivity index (χ3n) is 4.27. The molecular weight excluding hydrogens is 236 g/mol. The van der Waals surface area contributed by atoms with Crippen molar-refractivity contribution in [1.29, 1.82) is 0 Å². The molecule has 1 aromatic rings. The highest BCUT2D eigenvalue weighted by molar-refractivity contribution is 5.94. The van der Waals surface area contributed by atoms with Crippen molar-refractivity contribution >= 4 is 5.91 Å². The number of hydrogen-bond donors (Lipinski definition) is 1. The monoisotopic (exact) mass is 258 g/mol. The van der Waals surface area contributed by atoms with Gasteiger partial charge in [0.15, 0.2) is 0 Å². The number of rotatable bonds is 3. The van der Waals surface area contributed by atoms with Crippen LogP contribution in [0.1, 0.15) is 48.0 Å². The maximum Gasteiger partial charge on any atom is 0.253 e. The van der Waals surface area contributed by atoms with Crippen LogP contribution < -0.4 is 5.73 Å². The number of carbonyl (C=O) groups excluding carboxylic acids is 1. The van der Waals surface area contributed by atoms with Crippen molar-refractivity contribution in [1.82, 2.24) is 4.90 Å². The number of nitrogens with two attached hydrogens (primary N) is 1. The number of carbonyl (C=O) groups is 1. The lowest BCUT2D eigenvalue weighted by molar-refractivity contribution is 0.0724. The molecule has 0 aromatic heterocycles. The van der Waals surface area contributed by atoms with Gasteiger partial charge in [-0.15, -0.1) is 0 Å². The minimum atomic E-state index is 0.00674. The summed E-state index contributed by atoms with van der Waals surface area (Å²) in [5.74, 6) is 0.184. The summed E-state index contributed by atoms with van der Waals surface area (Å²) in [6, 6.07) is 8.03. The molecule has 3 nitrogen and oxygen atoms in total. The Morgan fingerprint density at radius 3 is 2.63 bits per heavy atom. The Morgan fingerprint density at radius 2 is 1.95 bits per heavy atom. The zero-order chi connectivity index (χ0) is 13.3. The first-order chi connectivity index (χ1) is 9.16. The molecule has 2 fully saturated rings. The summed E-state index contributed by atoms with van der Waals surface area (Å²) in [4.78, 5) is 14.4. The number of hydrogen-bond acceptors (Lipinski definition) is 2. The third kappa shape index (κ3) is 2.98. The number of likely N-dealkylation sites (tertiary alicyclic amines) is 1. The van der Waals surface area contributed by atoms with Crippen molar-refractivity contribution in [3.63, 3.8) is 0 Å². The van der Waals surface area contributed by atoms with Crippen LogP contribution in [0, 0.1) is 0 Å². The van der Waals surface area contributed by atoms with Crippen LogP contribution in [0.5, 0.6) is 0 Å². The van der Waals surface area contributed by atoms with Gasteiger partial charge in [0.25, 0.3) is 5.91 Å². The Hall–Kier alpha value is -1.35. The first-order valence-corrected chi connectivity index (χ1v) is 7.33. The summed E-state index contributed by atoms with van der Waals surface area (Å²) in [5, 5.41) is 0. The summed E-state index contributed by atoms with van der Waals surface area (Å²) < 4.78 is 0. The molecule has 3 rings (SSSR count). The molecule has 0 unspecified atom stereocenters. The highest BCUT2D eigenvalue weighted by Crippen LogP contribution is 2.35. The molecule has 1 aliphatic heterocycles. The lowest BCUT2D eigenvalue weighted by atomic mass is 10.0. The van der Waals surface area contributed by atoms with E-state index in [-0.39, 0.29) is 11.4 Å². The zero-order valence-corrected chi connectivity index (χ0v) is 11.4. The first-order valence-electron chi connectivity index (χ1n) is 7.33. The van der Waals surface area contributed by atoms with Crippen LogP contribution in [-0.4, -0.2) is 29.4 Å². The zero-order valence-electron chi connectivity index (χ0n) is 11.4. The Morgan fingerprint density at radius 1 is 1.21 bits per heavy atom. The number of piperidine rings is 1. The quantitative estimate of drug-likeness (QED) is 0.904. The molecule has 0 radical (unpaired) electrons. The van der Waals surface area contributed by atoms with Gasteiger partial charge < -0.3 is 10.6 Å². The average molecular weight is 258 g/mol. The number of amides is 1. The second-order valence-electron chi connectivity index (χ2n) is 6.09. The van der Waals surface area contributed by atoms with Gasteiger partial charge in [-0.3, -0.25) is 4.79 Å². The minimum absolute atomic E-state index is 0.00674. The molecule has 0 atom stereocenters. The van der Waals surface area contributed by atoms with E-state index in [1.54, 1.807) is 0 Å². The van der Waals surface area contributed by atoms with Gasteiger partial charge in [-0.2, -0.15) is 0 Å². The highest BCUT2D eigenvalue weighted by atomic mass is 16.2. The Bertz CT molecular complexity index is 473. The van der Waals surface area contributed by atoms with Gasteiger partial charge in [0.05, 0.1) is 0 Å². The molecule has 1 saturated carbocycles. The molecule has 1 aliphatic carbocycles. The maximum absolute atomic E-state index is 12.4. The minimum Gasteiger partial charge on any atom is -0.339 e. The molecule has 102 valence electrons. The molecular formula is C16H22N2O. The summed E-state index contributed by atoms with van der Waals surface area (Å²) in [6.07, 6.45) is 6.64. The number of nitrogens with zero attached hydrogens (tertiary/aromatic N) is 1. The van der Waals surface area contributed by atoms with E-state index < -0.39 is 0 Å². The van der Waals surface area contributed by atoms with Crippen molar-refractivity contribution in [2.75, 3.05) is 13.1 Å². The van der Waals surface area contributed by atoms with E-state index in [1.165, 1.54) is 12.0 Å². The Labute approximate surface area is 114 Å². The Kier molecular flexibility index (Phi) is 3.31. The van der Waals surface area contributed by atoms with Gasteiger partial charge in [-0.05, 0) is 56.2 Å². The van der Waals surface area contributed by atoms with Gasteiger partial charge in [0, 0.05) is 24.2 Å². The molecule has 2 N–H and O–H groups in total. The van der Waals surface area contributed by atoms with Crippen LogP contribution in [0.4, 0.5) is 0 Å². The molecule has 0 spiro atoms. The highest BCUT2D eigenvalue weighted by Gasteiger charge is 2.38. The largest absolute Gasteiger partial charge is 0.339 e. The van der Waals surface area contributed by atoms with Crippen LogP contribution in [-0.2, 0) is 6.42 Å². The van der Waals surface area contributed by atoms with Crippen LogP contribution in [0.3, 0.4) is 0 Å². The normalized spacial score (nSPS) is 21.2. The van der Waals surface area contributed by atoms with Gasteiger partial charge in [0.2, 0.25) is 0 Å². The van der Waals surface area contributed by atoms with E-state index in [2.05, 4.69) is 6.07 Å². The van der Waals surface area contributed by atoms with Crippen molar-refractivity contribution in [2.24, 2.45) is 5.73 Å². The summed E-state index contributed by atoms with van der Waals surface area (Å²) >= 11 is 0. The molecule has 0 bridgehead atoms. The molecule has 19 heavy (non-hydrogen) atoms. The topological polar surface area (TPSA) is 46.3 Å². The standard InChI is InChI=1S/C16H22N2O/c17-16(7-8-16)12-13-5-4-6-14(11-13)15(19)18-9-2-1-3-10-18/h4-6,11H,1-3,7-10,12,17H2.